The molecule has 0 unspecified atom stereocenters. The molecule has 4 aromatic rings. The molecule has 7 nitrogen and oxygen atoms in total. The lowest BCUT2D eigenvalue weighted by Crippen LogP contribution is -2.07. The quantitative estimate of drug-likeness (QED) is 0.291. The first-order valence-corrected chi connectivity index (χ1v) is 10.0. The fourth-order valence-electron chi connectivity index (χ4n) is 2.79. The van der Waals surface area contributed by atoms with E-state index >= 15 is 0 Å². The number of non-ortho nitro benzene ring substituents is 1. The molecule has 0 radical (unpaired) electrons. The van der Waals surface area contributed by atoms with Gasteiger partial charge in [-0.3, -0.25) is 10.1 Å². The second-order valence-corrected chi connectivity index (χ2v) is 6.86. The summed E-state index contributed by atoms with van der Waals surface area (Å²) in [6.07, 6.45) is 1.66. The van der Waals surface area contributed by atoms with E-state index < -0.39 is 4.92 Å². The Morgan fingerprint density at radius 3 is 2.47 bits per heavy atom. The molecule has 0 saturated heterocycles. The van der Waals surface area contributed by atoms with Crippen molar-refractivity contribution >= 4 is 40.4 Å². The first-order chi connectivity index (χ1) is 14.5. The van der Waals surface area contributed by atoms with E-state index in [2.05, 4.69) is 15.4 Å². The maximum atomic E-state index is 10.9. The second-order valence-electron chi connectivity index (χ2n) is 6.02. The van der Waals surface area contributed by atoms with E-state index in [1.165, 1.54) is 12.1 Å². The third kappa shape index (κ3) is 4.69. The molecule has 1 N–H and O–H groups in total. The fraction of sp³-hybridized carbons (Fsp3) is 0.143. The highest BCUT2D eigenvalue weighted by molar-refractivity contribution is 6.35. The normalized spacial score (nSPS) is 10.4. The number of halogens is 2. The summed E-state index contributed by atoms with van der Waals surface area (Å²) in [6.45, 7) is 4.47. The van der Waals surface area contributed by atoms with E-state index in [4.69, 9.17) is 23.2 Å². The predicted octanol–water partition coefficient (Wildman–Crippen LogP) is 6.25. The lowest BCUT2D eigenvalue weighted by molar-refractivity contribution is -0.384. The van der Waals surface area contributed by atoms with Gasteiger partial charge in [-0.1, -0.05) is 43.1 Å². The Bertz CT molecular complexity index is 1180. The van der Waals surface area contributed by atoms with Gasteiger partial charge >= 0.3 is 0 Å². The number of anilines is 1. The van der Waals surface area contributed by atoms with Crippen LogP contribution in [0.1, 0.15) is 19.4 Å². The largest absolute Gasteiger partial charge is 0.366 e. The number of aromatic nitrogens is 3. The minimum Gasteiger partial charge on any atom is -0.366 e. The average Bonchev–Trinajstić information content (AvgIpc) is 3.23. The summed E-state index contributed by atoms with van der Waals surface area (Å²) >= 11 is 12.2. The van der Waals surface area contributed by atoms with Crippen LogP contribution in [0.15, 0.2) is 60.8 Å². The van der Waals surface area contributed by atoms with Gasteiger partial charge in [0.15, 0.2) is 5.65 Å². The van der Waals surface area contributed by atoms with Crippen molar-refractivity contribution in [2.75, 3.05) is 5.32 Å². The summed E-state index contributed by atoms with van der Waals surface area (Å²) in [5, 5.41) is 19.6. The third-order valence-corrected chi connectivity index (χ3v) is 4.80. The number of fused-ring (bicyclic) bond motifs is 1. The van der Waals surface area contributed by atoms with Crippen LogP contribution in [0.2, 0.25) is 10.0 Å². The van der Waals surface area contributed by atoms with Crippen molar-refractivity contribution in [3.63, 3.8) is 0 Å². The minimum atomic E-state index is -0.430. The van der Waals surface area contributed by atoms with Crippen molar-refractivity contribution in [2.45, 2.75) is 20.4 Å². The number of nitro groups is 1. The molecular formula is C21H19Cl2N5O2. The summed E-state index contributed by atoms with van der Waals surface area (Å²) < 4.78 is 1.68. The van der Waals surface area contributed by atoms with Crippen LogP contribution in [0, 0.1) is 10.1 Å². The Balaban J connectivity index is 0.00000124. The van der Waals surface area contributed by atoms with E-state index in [-0.39, 0.29) is 5.69 Å². The number of benzene rings is 2. The van der Waals surface area contributed by atoms with Gasteiger partial charge in [0.25, 0.3) is 5.69 Å². The molecule has 0 fully saturated rings. The highest BCUT2D eigenvalue weighted by Gasteiger charge is 2.11. The van der Waals surface area contributed by atoms with Crippen LogP contribution in [0.4, 0.5) is 11.5 Å². The molecule has 0 bridgehead atoms. The summed E-state index contributed by atoms with van der Waals surface area (Å²) in [4.78, 5) is 15.0. The summed E-state index contributed by atoms with van der Waals surface area (Å²) in [6, 6.07) is 15.2. The standard InChI is InChI=1S/C19H13Cl2N5O2.C2H6/c20-14-4-1-13(16(21)9-14)11-22-19-10-17(24-18-7-8-23-25(18)19)12-2-5-15(6-3-12)26(27)28;1-2/h1-10,22H,11H2;1-2H3. The van der Waals surface area contributed by atoms with Crippen molar-refractivity contribution < 1.29 is 4.92 Å². The van der Waals surface area contributed by atoms with E-state index in [0.29, 0.717) is 27.9 Å². The summed E-state index contributed by atoms with van der Waals surface area (Å²) in [5.41, 5.74) is 3.01. The van der Waals surface area contributed by atoms with Gasteiger partial charge in [0, 0.05) is 46.4 Å². The first-order valence-electron chi connectivity index (χ1n) is 9.29. The first kappa shape index (κ1) is 21.5. The van der Waals surface area contributed by atoms with E-state index in [0.717, 1.165) is 16.9 Å². The van der Waals surface area contributed by atoms with Crippen LogP contribution in [-0.2, 0) is 6.54 Å². The van der Waals surface area contributed by atoms with Crippen LogP contribution in [0.3, 0.4) is 0 Å². The van der Waals surface area contributed by atoms with Crippen LogP contribution >= 0.6 is 23.2 Å². The molecule has 0 spiro atoms. The Morgan fingerprint density at radius 1 is 1.07 bits per heavy atom. The van der Waals surface area contributed by atoms with Gasteiger partial charge in [0.1, 0.15) is 5.82 Å². The molecule has 0 aliphatic heterocycles. The van der Waals surface area contributed by atoms with Gasteiger partial charge in [-0.2, -0.15) is 9.61 Å². The van der Waals surface area contributed by atoms with Crippen molar-refractivity contribution in [3.8, 4) is 11.3 Å². The van der Waals surface area contributed by atoms with E-state index in [9.17, 15) is 10.1 Å². The second kappa shape index (κ2) is 9.56. The van der Waals surface area contributed by atoms with E-state index in [1.807, 2.05) is 26.0 Å². The lowest BCUT2D eigenvalue weighted by Gasteiger charge is -2.12. The Labute approximate surface area is 183 Å². The van der Waals surface area contributed by atoms with Crippen LogP contribution in [0.25, 0.3) is 16.9 Å². The van der Waals surface area contributed by atoms with Crippen molar-refractivity contribution in [1.29, 1.82) is 0 Å². The number of hydrogen-bond acceptors (Lipinski definition) is 5. The zero-order valence-electron chi connectivity index (χ0n) is 16.3. The van der Waals surface area contributed by atoms with E-state index in [1.54, 1.807) is 41.0 Å². The summed E-state index contributed by atoms with van der Waals surface area (Å²) in [5.74, 6) is 0.717. The zero-order valence-corrected chi connectivity index (χ0v) is 17.9. The molecule has 154 valence electrons. The SMILES string of the molecule is CC.O=[N+]([O-])c1ccc(-c2cc(NCc3ccc(Cl)cc3Cl)n3nccc3n2)cc1. The Kier molecular flexibility index (Phi) is 6.87. The molecule has 0 aliphatic carbocycles. The zero-order chi connectivity index (χ0) is 21.7. The summed E-state index contributed by atoms with van der Waals surface area (Å²) in [7, 11) is 0. The van der Waals surface area contributed by atoms with Gasteiger partial charge in [0.05, 0.1) is 16.8 Å². The van der Waals surface area contributed by atoms with Gasteiger partial charge in [-0.15, -0.1) is 0 Å². The number of hydrogen-bond donors (Lipinski definition) is 1. The van der Waals surface area contributed by atoms with Gasteiger partial charge < -0.3 is 5.32 Å². The van der Waals surface area contributed by atoms with Crippen molar-refractivity contribution in [2.24, 2.45) is 0 Å². The molecule has 0 atom stereocenters. The maximum Gasteiger partial charge on any atom is 0.269 e. The third-order valence-electron chi connectivity index (χ3n) is 4.21. The molecule has 0 amide bonds. The van der Waals surface area contributed by atoms with Crippen LogP contribution < -0.4 is 5.32 Å². The number of nitrogens with zero attached hydrogens (tertiary/aromatic N) is 4. The molecular weight excluding hydrogens is 425 g/mol. The molecule has 2 aromatic carbocycles. The average molecular weight is 444 g/mol. The Hall–Kier alpha value is -3.16. The number of nitro benzene ring substituents is 1. The number of nitrogens with one attached hydrogen (secondary N) is 1. The van der Waals surface area contributed by atoms with Crippen LogP contribution in [0.5, 0.6) is 0 Å². The smallest absolute Gasteiger partial charge is 0.269 e. The predicted molar refractivity (Wildman–Crippen MR) is 120 cm³/mol. The molecule has 4 rings (SSSR count). The molecule has 9 heteroatoms. The highest BCUT2D eigenvalue weighted by atomic mass is 35.5. The Morgan fingerprint density at radius 2 is 1.80 bits per heavy atom. The van der Waals surface area contributed by atoms with Crippen molar-refractivity contribution in [3.05, 3.63) is 86.5 Å². The van der Waals surface area contributed by atoms with Gasteiger partial charge in [0.2, 0.25) is 0 Å². The minimum absolute atomic E-state index is 0.0323. The topological polar surface area (TPSA) is 85.4 Å². The lowest BCUT2D eigenvalue weighted by atomic mass is 10.1. The van der Waals surface area contributed by atoms with Gasteiger partial charge in [-0.25, -0.2) is 4.98 Å². The van der Waals surface area contributed by atoms with Gasteiger partial charge in [-0.05, 0) is 29.8 Å². The maximum absolute atomic E-state index is 10.9. The number of rotatable bonds is 5. The molecule has 0 saturated carbocycles. The van der Waals surface area contributed by atoms with Crippen LogP contribution in [-0.4, -0.2) is 19.5 Å². The molecule has 0 aliphatic rings. The molecule has 2 heterocycles. The molecule has 2 aromatic heterocycles. The monoisotopic (exact) mass is 443 g/mol. The fourth-order valence-corrected chi connectivity index (χ4v) is 3.27. The molecule has 30 heavy (non-hydrogen) atoms. The van der Waals surface area contributed by atoms with Crippen molar-refractivity contribution in [1.82, 2.24) is 14.6 Å². The highest BCUT2D eigenvalue weighted by Crippen LogP contribution is 2.26.